The number of nitrogens with one attached hydrogen (secondary N) is 1. The van der Waals surface area contributed by atoms with Crippen LogP contribution in [0.3, 0.4) is 0 Å². The Kier molecular flexibility index (Phi) is 44.5. The lowest BCUT2D eigenvalue weighted by molar-refractivity contribution is -0.147. The number of amides is 1. The zero-order valence-corrected chi connectivity index (χ0v) is 39.5. The van der Waals surface area contributed by atoms with Crippen LogP contribution in [-0.2, 0) is 27.9 Å². The fourth-order valence-electron chi connectivity index (χ4n) is 6.14. The lowest BCUT2D eigenvalue weighted by Crippen LogP contribution is -2.27. The number of aliphatic hydroxyl groups is 1. The SMILES string of the molecule is CCCCC/C=C\C/C=C\C/C=C\C/C=C\CCCC(=O)OCC(O)COP(=O)(O)OCCNC(=O)CCCCCCCCCCCC/C=C\C/C=C\C/C=C\CCCCC. The predicted molar refractivity (Wildman–Crippen MR) is 256 cm³/mol. The first-order valence-electron chi connectivity index (χ1n) is 24.1. The van der Waals surface area contributed by atoms with Crippen molar-refractivity contribution in [2.45, 2.75) is 200 Å². The van der Waals surface area contributed by atoms with Crippen molar-refractivity contribution in [2.24, 2.45) is 0 Å². The molecule has 0 aliphatic carbocycles. The summed E-state index contributed by atoms with van der Waals surface area (Å²) in [7, 11) is -4.44. The second kappa shape index (κ2) is 46.7. The molecule has 0 fully saturated rings. The normalized spacial score (nSPS) is 14.0. The van der Waals surface area contributed by atoms with Crippen LogP contribution in [-0.4, -0.2) is 54.3 Å². The van der Waals surface area contributed by atoms with E-state index in [2.05, 4.69) is 98.2 Å². The van der Waals surface area contributed by atoms with Crippen LogP contribution >= 0.6 is 7.82 Å². The first kappa shape index (κ1) is 58.2. The number of aliphatic hydroxyl groups excluding tert-OH is 1. The van der Waals surface area contributed by atoms with Crippen LogP contribution in [0.25, 0.3) is 0 Å². The average molecular weight is 874 g/mol. The van der Waals surface area contributed by atoms with Gasteiger partial charge in [-0.1, -0.05) is 176 Å². The molecule has 0 rings (SSSR count). The van der Waals surface area contributed by atoms with Crippen molar-refractivity contribution in [1.82, 2.24) is 5.32 Å². The number of ether oxygens (including phenoxy) is 1. The lowest BCUT2D eigenvalue weighted by atomic mass is 10.0. The van der Waals surface area contributed by atoms with E-state index in [1.54, 1.807) is 0 Å². The molecule has 1 amide bonds. The summed E-state index contributed by atoms with van der Waals surface area (Å²) in [5.74, 6) is -0.582. The maximum Gasteiger partial charge on any atom is 0.472 e. The van der Waals surface area contributed by atoms with Gasteiger partial charge in [-0.05, 0) is 89.9 Å². The van der Waals surface area contributed by atoms with Crippen molar-refractivity contribution < 1.29 is 37.9 Å². The number of esters is 1. The maximum absolute atomic E-state index is 12.1. The molecular weight excluding hydrogens is 786 g/mol. The van der Waals surface area contributed by atoms with E-state index in [9.17, 15) is 24.2 Å². The number of unbranched alkanes of at least 4 members (excludes halogenated alkanes) is 17. The minimum atomic E-state index is -4.44. The van der Waals surface area contributed by atoms with Gasteiger partial charge in [-0.15, -0.1) is 0 Å². The van der Waals surface area contributed by atoms with E-state index < -0.39 is 26.5 Å². The molecule has 0 bridgehead atoms. The van der Waals surface area contributed by atoms with E-state index in [0.717, 1.165) is 57.8 Å². The largest absolute Gasteiger partial charge is 0.472 e. The number of phosphoric acid groups is 1. The summed E-state index contributed by atoms with van der Waals surface area (Å²) in [5.41, 5.74) is 0. The summed E-state index contributed by atoms with van der Waals surface area (Å²) in [5, 5.41) is 12.7. The molecule has 0 heterocycles. The Morgan fingerprint density at radius 3 is 1.36 bits per heavy atom. The molecule has 2 atom stereocenters. The minimum absolute atomic E-state index is 0.0684. The molecule has 2 unspecified atom stereocenters. The lowest BCUT2D eigenvalue weighted by Gasteiger charge is -2.15. The van der Waals surface area contributed by atoms with Gasteiger partial charge in [-0.2, -0.15) is 0 Å². The highest BCUT2D eigenvalue weighted by Crippen LogP contribution is 2.42. The molecule has 3 N–H and O–H groups in total. The molecule has 0 aromatic rings. The van der Waals surface area contributed by atoms with Crippen LogP contribution in [0.15, 0.2) is 85.1 Å². The van der Waals surface area contributed by atoms with Crippen LogP contribution < -0.4 is 5.32 Å². The molecule has 0 spiro atoms. The molecule has 0 radical (unpaired) electrons. The maximum atomic E-state index is 12.1. The first-order valence-corrected chi connectivity index (χ1v) is 25.6. The summed E-state index contributed by atoms with van der Waals surface area (Å²) >= 11 is 0. The van der Waals surface area contributed by atoms with Crippen molar-refractivity contribution >= 4 is 19.7 Å². The van der Waals surface area contributed by atoms with Gasteiger partial charge in [0.1, 0.15) is 12.7 Å². The van der Waals surface area contributed by atoms with E-state index in [1.807, 2.05) is 6.08 Å². The Morgan fingerprint density at radius 1 is 0.508 bits per heavy atom. The van der Waals surface area contributed by atoms with Gasteiger partial charge >= 0.3 is 13.8 Å². The van der Waals surface area contributed by atoms with E-state index in [-0.39, 0.29) is 32.1 Å². The zero-order valence-electron chi connectivity index (χ0n) is 38.6. The van der Waals surface area contributed by atoms with Crippen LogP contribution in [0.4, 0.5) is 0 Å². The van der Waals surface area contributed by atoms with Gasteiger partial charge in [0, 0.05) is 19.4 Å². The molecule has 10 heteroatoms. The molecule has 0 saturated heterocycles. The zero-order chi connectivity index (χ0) is 44.6. The summed E-state index contributed by atoms with van der Waals surface area (Å²) in [4.78, 5) is 34.0. The number of carbonyl (C=O) groups excluding carboxylic acids is 2. The van der Waals surface area contributed by atoms with Crippen molar-refractivity contribution in [2.75, 3.05) is 26.4 Å². The Hall–Kier alpha value is -2.81. The monoisotopic (exact) mass is 874 g/mol. The molecule has 61 heavy (non-hydrogen) atoms. The number of hydrogen-bond acceptors (Lipinski definition) is 7. The molecular formula is C51H88NO8P. The van der Waals surface area contributed by atoms with E-state index in [4.69, 9.17) is 13.8 Å². The third-order valence-electron chi connectivity index (χ3n) is 9.80. The molecule has 9 nitrogen and oxygen atoms in total. The second-order valence-corrected chi connectivity index (χ2v) is 17.2. The Labute approximate surface area is 373 Å². The Morgan fingerprint density at radius 2 is 0.902 bits per heavy atom. The Balaban J connectivity index is 3.65. The topological polar surface area (TPSA) is 131 Å². The van der Waals surface area contributed by atoms with Gasteiger partial charge in [-0.3, -0.25) is 18.6 Å². The fraction of sp³-hybridized carbons (Fsp3) is 0.686. The first-order chi connectivity index (χ1) is 29.8. The quantitative estimate of drug-likeness (QED) is 0.0239. The number of phosphoric ester groups is 1. The van der Waals surface area contributed by atoms with Gasteiger partial charge in [0.15, 0.2) is 0 Å². The molecule has 0 aromatic carbocycles. The predicted octanol–water partition coefficient (Wildman–Crippen LogP) is 14.0. The molecule has 0 saturated carbocycles. The van der Waals surface area contributed by atoms with Crippen LogP contribution in [0, 0.1) is 0 Å². The number of carbonyl (C=O) groups is 2. The summed E-state index contributed by atoms with van der Waals surface area (Å²) < 4.78 is 26.9. The van der Waals surface area contributed by atoms with Gasteiger partial charge in [0.05, 0.1) is 13.2 Å². The van der Waals surface area contributed by atoms with Gasteiger partial charge in [0.25, 0.3) is 0 Å². The second-order valence-electron chi connectivity index (χ2n) is 15.7. The highest BCUT2D eigenvalue weighted by atomic mass is 31.2. The van der Waals surface area contributed by atoms with Crippen LogP contribution in [0.5, 0.6) is 0 Å². The highest BCUT2D eigenvalue weighted by Gasteiger charge is 2.23. The third kappa shape index (κ3) is 48.1. The highest BCUT2D eigenvalue weighted by molar-refractivity contribution is 7.47. The number of hydrogen-bond donors (Lipinski definition) is 3. The van der Waals surface area contributed by atoms with Gasteiger partial charge < -0.3 is 20.1 Å². The summed E-state index contributed by atoms with van der Waals surface area (Å²) in [6.07, 6.45) is 59.5. The van der Waals surface area contributed by atoms with Crippen LogP contribution in [0.2, 0.25) is 0 Å². The summed E-state index contributed by atoms with van der Waals surface area (Å²) in [6.45, 7) is 3.43. The minimum Gasteiger partial charge on any atom is -0.463 e. The molecule has 0 aliphatic rings. The van der Waals surface area contributed by atoms with Crippen molar-refractivity contribution in [3.63, 3.8) is 0 Å². The van der Waals surface area contributed by atoms with E-state index in [1.165, 1.54) is 103 Å². The summed E-state index contributed by atoms with van der Waals surface area (Å²) in [6, 6.07) is 0. The molecule has 0 aromatic heterocycles. The standard InChI is InChI=1S/C51H88NO8P/c1-3-5-7-9-11-13-15-17-19-21-22-23-24-25-26-28-29-31-33-35-37-39-41-43-50(54)52-45-46-59-61(56,57)60-48-49(53)47-58-51(55)44-42-40-38-36-34-32-30-27-20-18-16-14-12-10-8-6-4-2/h11-14,17-20,22-23,30,32,36,38,49,53H,3-10,15-16,21,24-29,31,33-35,37,39-48H2,1-2H3,(H,52,54)(H,56,57)/b13-11-,14-12-,19-17-,20-18-,23-22-,32-30-,38-36-. The van der Waals surface area contributed by atoms with Crippen molar-refractivity contribution in [1.29, 1.82) is 0 Å². The molecule has 0 aliphatic heterocycles. The van der Waals surface area contributed by atoms with Gasteiger partial charge in [-0.25, -0.2) is 4.57 Å². The fourth-order valence-corrected chi connectivity index (χ4v) is 6.90. The van der Waals surface area contributed by atoms with Crippen LogP contribution in [0.1, 0.15) is 194 Å². The van der Waals surface area contributed by atoms with E-state index in [0.29, 0.717) is 12.8 Å². The third-order valence-corrected chi connectivity index (χ3v) is 10.8. The van der Waals surface area contributed by atoms with E-state index >= 15 is 0 Å². The average Bonchev–Trinajstić information content (AvgIpc) is 3.25. The Bertz CT molecular complexity index is 1270. The smallest absolute Gasteiger partial charge is 0.463 e. The molecule has 350 valence electrons. The number of rotatable bonds is 44. The van der Waals surface area contributed by atoms with Crippen molar-refractivity contribution in [3.05, 3.63) is 85.1 Å². The number of allylic oxidation sites excluding steroid dienone is 14. The van der Waals surface area contributed by atoms with Crippen molar-refractivity contribution in [3.8, 4) is 0 Å². The van der Waals surface area contributed by atoms with Gasteiger partial charge in [0.2, 0.25) is 5.91 Å².